The van der Waals surface area contributed by atoms with Crippen LogP contribution in [0.2, 0.25) is 0 Å². The monoisotopic (exact) mass is 239 g/mol. The average molecular weight is 239 g/mol. The van der Waals surface area contributed by atoms with Gasteiger partial charge in [0, 0.05) is 6.61 Å². The lowest BCUT2D eigenvalue weighted by Crippen LogP contribution is -2.17. The molecule has 16 heavy (non-hydrogen) atoms. The molecule has 0 N–H and O–H groups in total. The summed E-state index contributed by atoms with van der Waals surface area (Å²) in [6, 6.07) is 2.15. The first kappa shape index (κ1) is 11.4. The third kappa shape index (κ3) is 2.71. The Bertz CT molecular complexity index is 381. The van der Waals surface area contributed by atoms with Crippen molar-refractivity contribution in [3.05, 3.63) is 0 Å². The fourth-order valence-corrected chi connectivity index (χ4v) is 2.25. The second kappa shape index (κ2) is 5.27. The van der Waals surface area contributed by atoms with Crippen LogP contribution >= 0.6 is 11.8 Å². The van der Waals surface area contributed by atoms with Gasteiger partial charge in [-0.3, -0.25) is 0 Å². The van der Waals surface area contributed by atoms with Gasteiger partial charge >= 0.3 is 0 Å². The van der Waals surface area contributed by atoms with E-state index in [2.05, 4.69) is 21.6 Å². The van der Waals surface area contributed by atoms with Crippen LogP contribution in [0.25, 0.3) is 0 Å². The summed E-state index contributed by atoms with van der Waals surface area (Å²) >= 11 is 1.37. The summed E-state index contributed by atoms with van der Waals surface area (Å²) in [6.07, 6.45) is 2.36. The van der Waals surface area contributed by atoms with Crippen LogP contribution in [0.15, 0.2) is 5.16 Å². The molecule has 1 aliphatic heterocycles. The Kier molecular flexibility index (Phi) is 3.74. The highest BCUT2D eigenvalue weighted by Crippen LogP contribution is 2.21. The van der Waals surface area contributed by atoms with Crippen LogP contribution in [0.1, 0.15) is 19.8 Å². The number of tetrazole rings is 1. The van der Waals surface area contributed by atoms with Crippen LogP contribution < -0.4 is 0 Å². The van der Waals surface area contributed by atoms with Crippen LogP contribution in [0.5, 0.6) is 0 Å². The minimum atomic E-state index is -0.144. The molecule has 1 aromatic heterocycles. The van der Waals surface area contributed by atoms with Crippen molar-refractivity contribution in [2.24, 2.45) is 0 Å². The van der Waals surface area contributed by atoms with E-state index in [9.17, 15) is 0 Å². The number of ether oxygens (including phenoxy) is 1. The third-order valence-electron chi connectivity index (χ3n) is 2.36. The van der Waals surface area contributed by atoms with E-state index in [1.54, 1.807) is 4.68 Å². The number of nitrogens with zero attached hydrogens (tertiary/aromatic N) is 5. The molecule has 0 bridgehead atoms. The highest BCUT2D eigenvalue weighted by Gasteiger charge is 2.19. The first-order valence-electron chi connectivity index (χ1n) is 5.23. The van der Waals surface area contributed by atoms with E-state index in [0.717, 1.165) is 19.4 Å². The normalized spacial score (nSPS) is 21.9. The fourth-order valence-electron chi connectivity index (χ4n) is 1.56. The molecule has 0 radical (unpaired) electrons. The molecule has 7 heteroatoms. The van der Waals surface area contributed by atoms with Gasteiger partial charge in [0.25, 0.3) is 0 Å². The van der Waals surface area contributed by atoms with Crippen molar-refractivity contribution in [2.75, 3.05) is 6.61 Å². The maximum atomic E-state index is 8.74. The smallest absolute Gasteiger partial charge is 0.210 e. The van der Waals surface area contributed by atoms with E-state index in [0.29, 0.717) is 11.7 Å². The number of hydrogen-bond donors (Lipinski definition) is 0. The first-order valence-corrected chi connectivity index (χ1v) is 6.11. The number of hydrogen-bond acceptors (Lipinski definition) is 6. The molecule has 0 spiro atoms. The van der Waals surface area contributed by atoms with E-state index in [4.69, 9.17) is 10.00 Å². The fraction of sp³-hybridized carbons (Fsp3) is 0.778. The predicted molar refractivity (Wildman–Crippen MR) is 57.7 cm³/mol. The maximum Gasteiger partial charge on any atom is 0.210 e. The lowest BCUT2D eigenvalue weighted by atomic mass is 10.2. The van der Waals surface area contributed by atoms with Crippen LogP contribution in [0.3, 0.4) is 0 Å². The van der Waals surface area contributed by atoms with Gasteiger partial charge in [-0.1, -0.05) is 11.8 Å². The summed E-state index contributed by atoms with van der Waals surface area (Å²) in [6.45, 7) is 3.33. The van der Waals surface area contributed by atoms with Crippen molar-refractivity contribution in [2.45, 2.75) is 42.8 Å². The third-order valence-corrected chi connectivity index (χ3v) is 3.33. The van der Waals surface area contributed by atoms with E-state index < -0.39 is 0 Å². The lowest BCUT2D eigenvalue weighted by Gasteiger charge is -2.10. The highest BCUT2D eigenvalue weighted by molar-refractivity contribution is 8.00. The molecule has 1 aliphatic rings. The van der Waals surface area contributed by atoms with E-state index in [1.807, 2.05) is 6.92 Å². The maximum absolute atomic E-state index is 8.74. The van der Waals surface area contributed by atoms with Crippen molar-refractivity contribution in [3.63, 3.8) is 0 Å². The molecule has 2 rings (SSSR count). The Balaban J connectivity index is 1.98. The number of nitriles is 1. The summed E-state index contributed by atoms with van der Waals surface area (Å²) in [5.74, 6) is 0. The Morgan fingerprint density at radius 1 is 1.75 bits per heavy atom. The van der Waals surface area contributed by atoms with Crippen molar-refractivity contribution in [1.29, 1.82) is 5.26 Å². The average Bonchev–Trinajstić information content (AvgIpc) is 2.92. The van der Waals surface area contributed by atoms with Crippen molar-refractivity contribution in [1.82, 2.24) is 20.2 Å². The molecule has 0 aromatic carbocycles. The first-order chi connectivity index (χ1) is 7.79. The van der Waals surface area contributed by atoms with Gasteiger partial charge in [0.1, 0.15) is 0 Å². The number of rotatable bonds is 4. The molecule has 1 fully saturated rings. The summed E-state index contributed by atoms with van der Waals surface area (Å²) in [5, 5.41) is 20.7. The van der Waals surface area contributed by atoms with Gasteiger partial charge in [-0.25, -0.2) is 4.68 Å². The van der Waals surface area contributed by atoms with Gasteiger partial charge in [-0.2, -0.15) is 5.26 Å². The van der Waals surface area contributed by atoms with Crippen LogP contribution in [-0.2, 0) is 11.3 Å². The minimum absolute atomic E-state index is 0.144. The largest absolute Gasteiger partial charge is 0.376 e. The molecular formula is C9H13N5OS. The number of aromatic nitrogens is 4. The van der Waals surface area contributed by atoms with Crippen LogP contribution in [0, 0.1) is 11.3 Å². The zero-order valence-corrected chi connectivity index (χ0v) is 9.85. The van der Waals surface area contributed by atoms with Gasteiger partial charge < -0.3 is 4.74 Å². The van der Waals surface area contributed by atoms with E-state index in [1.165, 1.54) is 11.8 Å². The lowest BCUT2D eigenvalue weighted by molar-refractivity contribution is 0.0912. The van der Waals surface area contributed by atoms with Gasteiger partial charge in [0.15, 0.2) is 0 Å². The topological polar surface area (TPSA) is 76.6 Å². The van der Waals surface area contributed by atoms with Gasteiger partial charge in [0.2, 0.25) is 5.16 Å². The molecule has 2 unspecified atom stereocenters. The molecule has 0 amide bonds. The summed E-state index contributed by atoms with van der Waals surface area (Å²) < 4.78 is 7.24. The quantitative estimate of drug-likeness (QED) is 0.725. The molecule has 1 saturated heterocycles. The molecule has 6 nitrogen and oxygen atoms in total. The van der Waals surface area contributed by atoms with Gasteiger partial charge in [0.05, 0.1) is 24.0 Å². The van der Waals surface area contributed by atoms with Crippen LogP contribution in [0.4, 0.5) is 0 Å². The molecule has 0 aliphatic carbocycles. The second-order valence-corrected chi connectivity index (χ2v) is 4.98. The number of thioether (sulfide) groups is 1. The standard InChI is InChI=1S/C9H13N5OS/c1-7(5-10)16-9-11-12-13-14(9)6-8-3-2-4-15-8/h7-8H,2-4,6H2,1H3. The Labute approximate surface area is 98.0 Å². The summed E-state index contributed by atoms with van der Waals surface area (Å²) in [5.41, 5.74) is 0. The van der Waals surface area contributed by atoms with Gasteiger partial charge in [-0.15, -0.1) is 5.10 Å². The van der Waals surface area contributed by atoms with Crippen molar-refractivity contribution < 1.29 is 4.74 Å². The zero-order valence-electron chi connectivity index (χ0n) is 9.04. The molecule has 2 heterocycles. The second-order valence-electron chi connectivity index (χ2n) is 3.67. The zero-order chi connectivity index (χ0) is 11.4. The van der Waals surface area contributed by atoms with E-state index in [-0.39, 0.29) is 11.4 Å². The highest BCUT2D eigenvalue weighted by atomic mass is 32.2. The Morgan fingerprint density at radius 2 is 2.62 bits per heavy atom. The van der Waals surface area contributed by atoms with Crippen molar-refractivity contribution >= 4 is 11.8 Å². The predicted octanol–water partition coefficient (Wildman–Crippen LogP) is 0.856. The van der Waals surface area contributed by atoms with Gasteiger partial charge in [-0.05, 0) is 30.2 Å². The Hall–Kier alpha value is -1.13. The van der Waals surface area contributed by atoms with E-state index >= 15 is 0 Å². The summed E-state index contributed by atoms with van der Waals surface area (Å²) in [7, 11) is 0. The molecule has 1 aromatic rings. The van der Waals surface area contributed by atoms with Crippen molar-refractivity contribution in [3.8, 4) is 6.07 Å². The molecule has 2 atom stereocenters. The molecule has 86 valence electrons. The van der Waals surface area contributed by atoms with Crippen LogP contribution in [-0.4, -0.2) is 38.2 Å². The molecular weight excluding hydrogens is 226 g/mol. The SMILES string of the molecule is CC(C#N)Sc1nnnn1CC1CCCO1. The molecule has 0 saturated carbocycles. The summed E-state index contributed by atoms with van der Waals surface area (Å²) in [4.78, 5) is 0. The minimum Gasteiger partial charge on any atom is -0.376 e. The Morgan fingerprint density at radius 3 is 3.31 bits per heavy atom.